The van der Waals surface area contributed by atoms with Gasteiger partial charge in [-0.15, -0.1) is 0 Å². The summed E-state index contributed by atoms with van der Waals surface area (Å²) >= 11 is 12.1. The Morgan fingerprint density at radius 2 is 1.90 bits per heavy atom. The molecule has 0 aliphatic rings. The molecular formula is C15H22Cl2N2O. The lowest BCUT2D eigenvalue weighted by atomic mass is 10.0. The maximum Gasteiger partial charge on any atom is 0.236 e. The average Bonchev–Trinajstić information content (AvgIpc) is 2.42. The Morgan fingerprint density at radius 3 is 2.40 bits per heavy atom. The molecule has 1 amide bonds. The normalized spacial score (nSPS) is 12.2. The zero-order valence-electron chi connectivity index (χ0n) is 12.2. The highest BCUT2D eigenvalue weighted by Crippen LogP contribution is 2.27. The van der Waals surface area contributed by atoms with Crippen molar-refractivity contribution in [1.29, 1.82) is 0 Å². The van der Waals surface area contributed by atoms with E-state index in [0.717, 1.165) is 25.1 Å². The van der Waals surface area contributed by atoms with Gasteiger partial charge in [0.15, 0.2) is 0 Å². The third-order valence-corrected chi connectivity index (χ3v) is 3.92. The van der Waals surface area contributed by atoms with Crippen LogP contribution in [0.2, 0.25) is 10.0 Å². The number of rotatable bonds is 7. The van der Waals surface area contributed by atoms with Crippen molar-refractivity contribution in [2.24, 2.45) is 0 Å². The number of hydrogen-bond acceptors (Lipinski definition) is 2. The monoisotopic (exact) mass is 316 g/mol. The lowest BCUT2D eigenvalue weighted by Gasteiger charge is -2.22. The van der Waals surface area contributed by atoms with Crippen molar-refractivity contribution in [2.45, 2.75) is 33.2 Å². The molecule has 0 radical (unpaired) electrons. The SMILES string of the molecule is CCC(NCC(=O)N(CC)CC)c1ccc(Cl)cc1Cl. The minimum Gasteiger partial charge on any atom is -0.342 e. The summed E-state index contributed by atoms with van der Waals surface area (Å²) in [6.45, 7) is 7.80. The first-order valence-electron chi connectivity index (χ1n) is 6.99. The fourth-order valence-electron chi connectivity index (χ4n) is 2.16. The number of hydrogen-bond donors (Lipinski definition) is 1. The second kappa shape index (κ2) is 8.50. The van der Waals surface area contributed by atoms with Gasteiger partial charge < -0.3 is 10.2 Å². The molecule has 0 aromatic heterocycles. The van der Waals surface area contributed by atoms with E-state index in [1.807, 2.05) is 30.9 Å². The number of nitrogens with one attached hydrogen (secondary N) is 1. The highest BCUT2D eigenvalue weighted by molar-refractivity contribution is 6.35. The molecule has 0 aliphatic carbocycles. The van der Waals surface area contributed by atoms with Crippen LogP contribution < -0.4 is 5.32 Å². The fraction of sp³-hybridized carbons (Fsp3) is 0.533. The van der Waals surface area contributed by atoms with Gasteiger partial charge in [0.05, 0.1) is 6.54 Å². The highest BCUT2D eigenvalue weighted by Gasteiger charge is 2.16. The molecule has 0 spiro atoms. The number of halogens is 2. The van der Waals surface area contributed by atoms with Crippen LogP contribution in [0.3, 0.4) is 0 Å². The largest absolute Gasteiger partial charge is 0.342 e. The minimum absolute atomic E-state index is 0.0549. The van der Waals surface area contributed by atoms with Crippen LogP contribution in [0, 0.1) is 0 Å². The van der Waals surface area contributed by atoms with Crippen LogP contribution in [0.4, 0.5) is 0 Å². The van der Waals surface area contributed by atoms with E-state index in [2.05, 4.69) is 12.2 Å². The van der Waals surface area contributed by atoms with Crippen LogP contribution in [0.15, 0.2) is 18.2 Å². The number of amides is 1. The first-order valence-corrected chi connectivity index (χ1v) is 7.75. The molecule has 1 atom stereocenters. The van der Waals surface area contributed by atoms with Gasteiger partial charge in [0, 0.05) is 29.2 Å². The average molecular weight is 317 g/mol. The molecule has 0 bridgehead atoms. The van der Waals surface area contributed by atoms with Gasteiger partial charge in [0.25, 0.3) is 0 Å². The molecule has 0 saturated heterocycles. The molecule has 1 unspecified atom stereocenters. The Morgan fingerprint density at radius 1 is 1.25 bits per heavy atom. The van der Waals surface area contributed by atoms with Gasteiger partial charge in [-0.3, -0.25) is 4.79 Å². The molecule has 5 heteroatoms. The lowest BCUT2D eigenvalue weighted by Crippen LogP contribution is -2.39. The predicted octanol–water partition coefficient (Wildman–Crippen LogP) is 3.90. The van der Waals surface area contributed by atoms with E-state index in [-0.39, 0.29) is 11.9 Å². The zero-order valence-corrected chi connectivity index (χ0v) is 13.8. The summed E-state index contributed by atoms with van der Waals surface area (Å²) in [7, 11) is 0. The Labute approximate surface area is 131 Å². The maximum atomic E-state index is 12.0. The molecule has 112 valence electrons. The summed E-state index contributed by atoms with van der Waals surface area (Å²) in [5.74, 6) is 0.110. The predicted molar refractivity (Wildman–Crippen MR) is 85.4 cm³/mol. The molecule has 20 heavy (non-hydrogen) atoms. The van der Waals surface area contributed by atoms with Crippen molar-refractivity contribution in [1.82, 2.24) is 10.2 Å². The molecule has 0 saturated carbocycles. The Hall–Kier alpha value is -0.770. The second-order valence-electron chi connectivity index (χ2n) is 4.57. The Balaban J connectivity index is 2.70. The fourth-order valence-corrected chi connectivity index (χ4v) is 2.70. The van der Waals surface area contributed by atoms with Crippen LogP contribution in [0.5, 0.6) is 0 Å². The van der Waals surface area contributed by atoms with E-state index in [4.69, 9.17) is 23.2 Å². The van der Waals surface area contributed by atoms with Crippen LogP contribution in [-0.4, -0.2) is 30.4 Å². The topological polar surface area (TPSA) is 32.3 Å². The Kier molecular flexibility index (Phi) is 7.35. The molecular weight excluding hydrogens is 295 g/mol. The van der Waals surface area contributed by atoms with Crippen LogP contribution in [-0.2, 0) is 4.79 Å². The number of benzene rings is 1. The number of carbonyl (C=O) groups is 1. The van der Waals surface area contributed by atoms with Crippen molar-refractivity contribution in [3.05, 3.63) is 33.8 Å². The van der Waals surface area contributed by atoms with Gasteiger partial charge in [-0.1, -0.05) is 36.2 Å². The third kappa shape index (κ3) is 4.65. The van der Waals surface area contributed by atoms with Gasteiger partial charge >= 0.3 is 0 Å². The summed E-state index contributed by atoms with van der Waals surface area (Å²) in [5, 5.41) is 4.53. The van der Waals surface area contributed by atoms with Gasteiger partial charge in [-0.2, -0.15) is 0 Å². The molecule has 1 aromatic carbocycles. The molecule has 0 aliphatic heterocycles. The zero-order chi connectivity index (χ0) is 15.1. The first-order chi connectivity index (χ1) is 9.53. The summed E-state index contributed by atoms with van der Waals surface area (Å²) < 4.78 is 0. The van der Waals surface area contributed by atoms with E-state index in [1.54, 1.807) is 6.07 Å². The standard InChI is InChI=1S/C15H22Cl2N2O/c1-4-14(12-8-7-11(16)9-13(12)17)18-10-15(20)19(5-2)6-3/h7-9,14,18H,4-6,10H2,1-3H3. The van der Waals surface area contributed by atoms with E-state index in [0.29, 0.717) is 16.6 Å². The molecule has 3 nitrogen and oxygen atoms in total. The first kappa shape index (κ1) is 17.3. The van der Waals surface area contributed by atoms with Gasteiger partial charge in [0.2, 0.25) is 5.91 Å². The van der Waals surface area contributed by atoms with Crippen molar-refractivity contribution >= 4 is 29.1 Å². The number of carbonyl (C=O) groups excluding carboxylic acids is 1. The summed E-state index contributed by atoms with van der Waals surface area (Å²) in [5.41, 5.74) is 0.978. The quantitative estimate of drug-likeness (QED) is 0.827. The smallest absolute Gasteiger partial charge is 0.236 e. The summed E-state index contributed by atoms with van der Waals surface area (Å²) in [6, 6.07) is 5.52. The second-order valence-corrected chi connectivity index (χ2v) is 5.42. The van der Waals surface area contributed by atoms with Crippen molar-refractivity contribution in [3.63, 3.8) is 0 Å². The van der Waals surface area contributed by atoms with Gasteiger partial charge in [-0.25, -0.2) is 0 Å². The highest BCUT2D eigenvalue weighted by atomic mass is 35.5. The van der Waals surface area contributed by atoms with E-state index in [9.17, 15) is 4.79 Å². The van der Waals surface area contributed by atoms with E-state index in [1.165, 1.54) is 0 Å². The Bertz CT molecular complexity index is 447. The van der Waals surface area contributed by atoms with Crippen LogP contribution in [0.1, 0.15) is 38.8 Å². The molecule has 0 fully saturated rings. The summed E-state index contributed by atoms with van der Waals surface area (Å²) in [4.78, 5) is 13.8. The van der Waals surface area contributed by atoms with Gasteiger partial charge in [-0.05, 0) is 38.0 Å². The molecule has 0 heterocycles. The van der Waals surface area contributed by atoms with Crippen molar-refractivity contribution in [3.8, 4) is 0 Å². The van der Waals surface area contributed by atoms with E-state index >= 15 is 0 Å². The molecule has 1 aromatic rings. The van der Waals surface area contributed by atoms with Crippen molar-refractivity contribution < 1.29 is 4.79 Å². The van der Waals surface area contributed by atoms with Crippen molar-refractivity contribution in [2.75, 3.05) is 19.6 Å². The van der Waals surface area contributed by atoms with E-state index < -0.39 is 0 Å². The third-order valence-electron chi connectivity index (χ3n) is 3.36. The molecule has 1 N–H and O–H groups in total. The lowest BCUT2D eigenvalue weighted by molar-refractivity contribution is -0.130. The number of nitrogens with zero attached hydrogens (tertiary/aromatic N) is 1. The maximum absolute atomic E-state index is 12.0. The summed E-state index contributed by atoms with van der Waals surface area (Å²) in [6.07, 6.45) is 0.854. The van der Waals surface area contributed by atoms with Crippen LogP contribution in [0.25, 0.3) is 0 Å². The van der Waals surface area contributed by atoms with Gasteiger partial charge in [0.1, 0.15) is 0 Å². The minimum atomic E-state index is 0.0549. The number of likely N-dealkylation sites (N-methyl/N-ethyl adjacent to an activating group) is 1. The van der Waals surface area contributed by atoms with Crippen LogP contribution >= 0.6 is 23.2 Å². The molecule has 1 rings (SSSR count).